The standard InChI is InChI=1S/C56H96O6/c1-4-7-10-13-16-19-22-24-26-28-29-31-32-34-37-40-43-46-49-55(58)61-52-53(51-60-54(57)48-45-42-39-36-21-18-15-12-9-6-3)62-56(59)50-47-44-41-38-35-33-30-27-25-23-20-17-14-11-8-5-2/h15-16,18-19,22,24,26-31,53H,4-14,17,20-21,23,25,32-52H2,1-3H3/b18-15-,19-16-,24-22-,28-26-,30-27-,31-29-. The second-order valence-corrected chi connectivity index (χ2v) is 17.2. The Bertz CT molecular complexity index is 1180. The minimum atomic E-state index is -0.793. The van der Waals surface area contributed by atoms with Gasteiger partial charge >= 0.3 is 17.9 Å². The van der Waals surface area contributed by atoms with Gasteiger partial charge < -0.3 is 14.2 Å². The highest BCUT2D eigenvalue weighted by Crippen LogP contribution is 2.14. The molecule has 0 aromatic heterocycles. The molecule has 6 heteroatoms. The van der Waals surface area contributed by atoms with E-state index in [1.54, 1.807) is 0 Å². The van der Waals surface area contributed by atoms with E-state index in [1.807, 2.05) is 0 Å². The van der Waals surface area contributed by atoms with Crippen molar-refractivity contribution in [1.82, 2.24) is 0 Å². The van der Waals surface area contributed by atoms with Crippen molar-refractivity contribution < 1.29 is 28.6 Å². The van der Waals surface area contributed by atoms with Crippen LogP contribution < -0.4 is 0 Å². The van der Waals surface area contributed by atoms with Gasteiger partial charge in [-0.3, -0.25) is 14.4 Å². The van der Waals surface area contributed by atoms with Crippen molar-refractivity contribution in [2.45, 2.75) is 252 Å². The van der Waals surface area contributed by atoms with Gasteiger partial charge in [-0.15, -0.1) is 0 Å². The third kappa shape index (κ3) is 47.9. The van der Waals surface area contributed by atoms with Crippen LogP contribution in [0.15, 0.2) is 72.9 Å². The summed E-state index contributed by atoms with van der Waals surface area (Å²) in [5.41, 5.74) is 0. The van der Waals surface area contributed by atoms with E-state index in [4.69, 9.17) is 14.2 Å². The zero-order chi connectivity index (χ0) is 45.1. The molecule has 6 nitrogen and oxygen atoms in total. The molecule has 1 unspecified atom stereocenters. The maximum atomic E-state index is 12.8. The normalized spacial score (nSPS) is 12.6. The molecule has 0 fully saturated rings. The van der Waals surface area contributed by atoms with Gasteiger partial charge in [0.1, 0.15) is 13.2 Å². The van der Waals surface area contributed by atoms with E-state index in [0.717, 1.165) is 116 Å². The zero-order valence-corrected chi connectivity index (χ0v) is 40.6. The van der Waals surface area contributed by atoms with Crippen molar-refractivity contribution in [2.75, 3.05) is 13.2 Å². The van der Waals surface area contributed by atoms with Crippen LogP contribution in [0, 0.1) is 0 Å². The van der Waals surface area contributed by atoms with Crippen LogP contribution in [0.1, 0.15) is 245 Å². The number of hydrogen-bond donors (Lipinski definition) is 0. The highest BCUT2D eigenvalue weighted by atomic mass is 16.6. The first-order valence-electron chi connectivity index (χ1n) is 26.0. The number of ether oxygens (including phenoxy) is 3. The minimum absolute atomic E-state index is 0.0929. The lowest BCUT2D eigenvalue weighted by Gasteiger charge is -2.18. The van der Waals surface area contributed by atoms with Crippen LogP contribution in [-0.2, 0) is 28.6 Å². The summed E-state index contributed by atoms with van der Waals surface area (Å²) < 4.78 is 16.7. The average molecular weight is 865 g/mol. The Kier molecular flexibility index (Phi) is 47.9. The van der Waals surface area contributed by atoms with Crippen molar-refractivity contribution in [3.05, 3.63) is 72.9 Å². The molecule has 0 aromatic rings. The Labute approximate surface area is 382 Å². The van der Waals surface area contributed by atoms with Crippen LogP contribution in [0.25, 0.3) is 0 Å². The third-order valence-electron chi connectivity index (χ3n) is 11.0. The van der Waals surface area contributed by atoms with Gasteiger partial charge in [0, 0.05) is 19.3 Å². The Morgan fingerprint density at radius 2 is 0.613 bits per heavy atom. The van der Waals surface area contributed by atoms with Gasteiger partial charge in [0.2, 0.25) is 0 Å². The van der Waals surface area contributed by atoms with Gasteiger partial charge in [0.25, 0.3) is 0 Å². The van der Waals surface area contributed by atoms with Crippen LogP contribution in [0.3, 0.4) is 0 Å². The molecule has 0 amide bonds. The number of unbranched alkanes of at least 4 members (excludes halogenated alkanes) is 26. The Morgan fingerprint density at radius 1 is 0.323 bits per heavy atom. The van der Waals surface area contributed by atoms with E-state index in [0.29, 0.717) is 19.3 Å². The second-order valence-electron chi connectivity index (χ2n) is 17.2. The van der Waals surface area contributed by atoms with Gasteiger partial charge in [-0.25, -0.2) is 0 Å². The number of carbonyl (C=O) groups is 3. The number of carbonyl (C=O) groups excluding carboxylic acids is 3. The summed E-state index contributed by atoms with van der Waals surface area (Å²) in [6, 6.07) is 0. The number of esters is 3. The van der Waals surface area contributed by atoms with Gasteiger partial charge in [-0.1, -0.05) is 209 Å². The van der Waals surface area contributed by atoms with E-state index in [-0.39, 0.29) is 31.1 Å². The van der Waals surface area contributed by atoms with Crippen molar-refractivity contribution in [3.8, 4) is 0 Å². The van der Waals surface area contributed by atoms with Crippen LogP contribution in [0.4, 0.5) is 0 Å². The SMILES string of the molecule is CCCC/C=C\CCCCCCC(=O)OCC(COC(=O)CCCCCCC\C=C/C=C\C=C/C=C\CCCCC)OC(=O)CCCCCCC/C=C\CCCCCCCCC. The number of rotatable bonds is 46. The molecule has 0 saturated heterocycles. The average Bonchev–Trinajstić information content (AvgIpc) is 3.27. The summed E-state index contributed by atoms with van der Waals surface area (Å²) in [5, 5.41) is 0. The lowest BCUT2D eigenvalue weighted by molar-refractivity contribution is -0.167. The molecule has 0 aliphatic carbocycles. The molecule has 0 spiro atoms. The fourth-order valence-corrected chi connectivity index (χ4v) is 7.02. The highest BCUT2D eigenvalue weighted by molar-refractivity contribution is 5.71. The highest BCUT2D eigenvalue weighted by Gasteiger charge is 2.19. The summed E-state index contributed by atoms with van der Waals surface area (Å²) in [4.78, 5) is 37.9. The summed E-state index contributed by atoms with van der Waals surface area (Å²) in [6.45, 7) is 6.52. The largest absolute Gasteiger partial charge is 0.462 e. The number of allylic oxidation sites excluding steroid dienone is 12. The third-order valence-corrected chi connectivity index (χ3v) is 11.0. The molecular formula is C56H96O6. The van der Waals surface area contributed by atoms with E-state index in [2.05, 4.69) is 93.7 Å². The van der Waals surface area contributed by atoms with Crippen LogP contribution in [-0.4, -0.2) is 37.2 Å². The monoisotopic (exact) mass is 865 g/mol. The minimum Gasteiger partial charge on any atom is -0.462 e. The molecule has 0 heterocycles. The maximum Gasteiger partial charge on any atom is 0.306 e. The molecule has 356 valence electrons. The molecule has 0 aliphatic rings. The lowest BCUT2D eigenvalue weighted by Crippen LogP contribution is -2.30. The van der Waals surface area contributed by atoms with E-state index >= 15 is 0 Å². The van der Waals surface area contributed by atoms with E-state index < -0.39 is 6.10 Å². The van der Waals surface area contributed by atoms with E-state index in [1.165, 1.54) is 89.9 Å². The van der Waals surface area contributed by atoms with Gasteiger partial charge in [-0.05, 0) is 89.9 Å². The van der Waals surface area contributed by atoms with Crippen molar-refractivity contribution in [1.29, 1.82) is 0 Å². The molecule has 0 rings (SSSR count). The molecule has 0 aromatic carbocycles. The van der Waals surface area contributed by atoms with Gasteiger partial charge in [-0.2, -0.15) is 0 Å². The van der Waals surface area contributed by atoms with Crippen LogP contribution >= 0.6 is 0 Å². The summed E-state index contributed by atoms with van der Waals surface area (Å²) in [5.74, 6) is -0.936. The maximum absolute atomic E-state index is 12.8. The fourth-order valence-electron chi connectivity index (χ4n) is 7.02. The second kappa shape index (κ2) is 50.5. The van der Waals surface area contributed by atoms with Crippen molar-refractivity contribution >= 4 is 17.9 Å². The number of hydrogen-bond acceptors (Lipinski definition) is 6. The molecule has 0 saturated carbocycles. The molecule has 0 radical (unpaired) electrons. The predicted octanol–water partition coefficient (Wildman–Crippen LogP) is 17.0. The van der Waals surface area contributed by atoms with Gasteiger partial charge in [0.05, 0.1) is 0 Å². The van der Waals surface area contributed by atoms with Crippen LogP contribution in [0.5, 0.6) is 0 Å². The first-order valence-corrected chi connectivity index (χ1v) is 26.0. The lowest BCUT2D eigenvalue weighted by atomic mass is 10.1. The predicted molar refractivity (Wildman–Crippen MR) is 265 cm³/mol. The topological polar surface area (TPSA) is 78.9 Å². The van der Waals surface area contributed by atoms with Crippen molar-refractivity contribution in [3.63, 3.8) is 0 Å². The first-order chi connectivity index (χ1) is 30.5. The van der Waals surface area contributed by atoms with Crippen molar-refractivity contribution in [2.24, 2.45) is 0 Å². The van der Waals surface area contributed by atoms with E-state index in [9.17, 15) is 14.4 Å². The Balaban J connectivity index is 4.42. The Hall–Kier alpha value is -3.15. The molecule has 62 heavy (non-hydrogen) atoms. The summed E-state index contributed by atoms with van der Waals surface area (Å²) in [6.07, 6.45) is 63.1. The Morgan fingerprint density at radius 3 is 1.03 bits per heavy atom. The summed E-state index contributed by atoms with van der Waals surface area (Å²) >= 11 is 0. The molecular weight excluding hydrogens is 769 g/mol. The zero-order valence-electron chi connectivity index (χ0n) is 40.6. The van der Waals surface area contributed by atoms with Crippen LogP contribution in [0.2, 0.25) is 0 Å². The molecule has 0 N–H and O–H groups in total. The molecule has 0 aliphatic heterocycles. The quantitative estimate of drug-likeness (QED) is 0.0199. The summed E-state index contributed by atoms with van der Waals surface area (Å²) in [7, 11) is 0. The molecule has 0 bridgehead atoms. The first kappa shape index (κ1) is 58.9. The smallest absolute Gasteiger partial charge is 0.306 e. The fraction of sp³-hybridized carbons (Fsp3) is 0.732. The molecule has 1 atom stereocenters. The van der Waals surface area contributed by atoms with Gasteiger partial charge in [0.15, 0.2) is 6.10 Å².